The van der Waals surface area contributed by atoms with E-state index in [1.165, 1.54) is 5.52 Å². The molecule has 0 spiro atoms. The van der Waals surface area contributed by atoms with Gasteiger partial charge < -0.3 is 19.4 Å². The molecule has 0 saturated carbocycles. The Morgan fingerprint density at radius 1 is 0.868 bits per heavy atom. The molecule has 0 aliphatic rings. The zero-order chi connectivity index (χ0) is 26.4. The molecule has 1 N–H and O–H groups in total. The Morgan fingerprint density at radius 2 is 1.63 bits per heavy atom. The lowest BCUT2D eigenvalue weighted by Gasteiger charge is -2.12. The number of rotatable bonds is 15. The molecule has 0 fully saturated rings. The van der Waals surface area contributed by atoms with Gasteiger partial charge in [-0.3, -0.25) is 4.79 Å². The van der Waals surface area contributed by atoms with E-state index >= 15 is 0 Å². The van der Waals surface area contributed by atoms with Crippen molar-refractivity contribution >= 4 is 23.0 Å². The number of nitrogens with one attached hydrogen (secondary N) is 1. The maximum absolute atomic E-state index is 12.0. The standard InChI is InChI=1S/C32H37N3O3/c1-37-29-18-9-10-19-30(29)38-25-13-12-24-35-28-17-8-7-16-27(28)34-31(35)20-6-3-11-23-33-32(36)22-21-26-14-4-2-5-15-26/h2,4-5,7-10,14-19,21-22H,3,6,11-13,20,23-25H2,1H3,(H,33,36)/b22-21+. The molecule has 0 unspecified atom stereocenters. The summed E-state index contributed by atoms with van der Waals surface area (Å²) in [6.45, 7) is 2.24. The minimum absolute atomic E-state index is 0.0506. The van der Waals surface area contributed by atoms with Crippen LogP contribution in [0.15, 0.2) is 84.9 Å². The molecule has 0 radical (unpaired) electrons. The second kappa shape index (κ2) is 14.6. The largest absolute Gasteiger partial charge is 0.493 e. The number of para-hydroxylation sites is 4. The van der Waals surface area contributed by atoms with Gasteiger partial charge in [0.2, 0.25) is 5.91 Å². The molecule has 6 heteroatoms. The summed E-state index contributed by atoms with van der Waals surface area (Å²) in [4.78, 5) is 17.0. The lowest BCUT2D eigenvalue weighted by atomic mass is 10.2. The Bertz CT molecular complexity index is 1310. The predicted molar refractivity (Wildman–Crippen MR) is 153 cm³/mol. The molecule has 0 bridgehead atoms. The number of nitrogens with zero attached hydrogens (tertiary/aromatic N) is 2. The summed E-state index contributed by atoms with van der Waals surface area (Å²) < 4.78 is 13.7. The lowest BCUT2D eigenvalue weighted by Crippen LogP contribution is -2.22. The fraction of sp³-hybridized carbons (Fsp3) is 0.312. The highest BCUT2D eigenvalue weighted by Crippen LogP contribution is 2.26. The maximum Gasteiger partial charge on any atom is 0.243 e. The van der Waals surface area contributed by atoms with Crippen molar-refractivity contribution in [3.63, 3.8) is 0 Å². The van der Waals surface area contributed by atoms with Crippen LogP contribution in [0, 0.1) is 0 Å². The highest BCUT2D eigenvalue weighted by Gasteiger charge is 2.10. The highest BCUT2D eigenvalue weighted by molar-refractivity contribution is 5.91. The quantitative estimate of drug-likeness (QED) is 0.147. The molecular formula is C32H37N3O3. The number of amides is 1. The number of hydrogen-bond acceptors (Lipinski definition) is 4. The number of carbonyl (C=O) groups excluding carboxylic acids is 1. The summed E-state index contributed by atoms with van der Waals surface area (Å²) in [5, 5.41) is 2.98. The van der Waals surface area contributed by atoms with E-state index in [9.17, 15) is 4.79 Å². The first-order chi connectivity index (χ1) is 18.7. The van der Waals surface area contributed by atoms with E-state index < -0.39 is 0 Å². The molecule has 4 aromatic rings. The van der Waals surface area contributed by atoms with E-state index in [-0.39, 0.29) is 5.91 Å². The Balaban J connectivity index is 1.20. The Morgan fingerprint density at radius 3 is 2.47 bits per heavy atom. The molecule has 0 saturated heterocycles. The number of aryl methyl sites for hydroxylation is 2. The van der Waals surface area contributed by atoms with Crippen molar-refractivity contribution in [3.8, 4) is 11.5 Å². The summed E-state index contributed by atoms with van der Waals surface area (Å²) in [5.74, 6) is 2.63. The number of methoxy groups -OCH3 is 1. The number of hydrogen-bond donors (Lipinski definition) is 1. The molecule has 198 valence electrons. The zero-order valence-electron chi connectivity index (χ0n) is 22.1. The average molecular weight is 512 g/mol. The third-order valence-corrected chi connectivity index (χ3v) is 6.44. The molecule has 4 rings (SSSR count). The van der Waals surface area contributed by atoms with E-state index in [1.54, 1.807) is 13.2 Å². The molecule has 0 atom stereocenters. The molecule has 3 aromatic carbocycles. The zero-order valence-corrected chi connectivity index (χ0v) is 22.1. The molecule has 1 aromatic heterocycles. The number of benzene rings is 3. The fourth-order valence-corrected chi connectivity index (χ4v) is 4.45. The van der Waals surface area contributed by atoms with E-state index in [1.807, 2.05) is 66.7 Å². The van der Waals surface area contributed by atoms with Gasteiger partial charge >= 0.3 is 0 Å². The van der Waals surface area contributed by atoms with Crippen LogP contribution in [0.4, 0.5) is 0 Å². The highest BCUT2D eigenvalue weighted by atomic mass is 16.5. The van der Waals surface area contributed by atoms with Gasteiger partial charge in [-0.1, -0.05) is 61.0 Å². The second-order valence-corrected chi connectivity index (χ2v) is 9.22. The van der Waals surface area contributed by atoms with Crippen molar-refractivity contribution in [1.29, 1.82) is 0 Å². The first kappa shape index (κ1) is 27.0. The molecular weight excluding hydrogens is 474 g/mol. The van der Waals surface area contributed by atoms with Crippen molar-refractivity contribution in [2.24, 2.45) is 0 Å². The van der Waals surface area contributed by atoms with E-state index in [2.05, 4.69) is 28.1 Å². The van der Waals surface area contributed by atoms with Crippen LogP contribution in [0.25, 0.3) is 17.1 Å². The van der Waals surface area contributed by atoms with E-state index in [0.717, 1.165) is 73.5 Å². The van der Waals surface area contributed by atoms with Crippen LogP contribution < -0.4 is 14.8 Å². The predicted octanol–water partition coefficient (Wildman–Crippen LogP) is 6.45. The van der Waals surface area contributed by atoms with Crippen molar-refractivity contribution in [2.45, 2.75) is 45.1 Å². The second-order valence-electron chi connectivity index (χ2n) is 9.22. The number of aromatic nitrogens is 2. The minimum Gasteiger partial charge on any atom is -0.493 e. The third kappa shape index (κ3) is 7.97. The number of imidazole rings is 1. The van der Waals surface area contributed by atoms with Gasteiger partial charge in [0.1, 0.15) is 5.82 Å². The summed E-state index contributed by atoms with van der Waals surface area (Å²) in [6.07, 6.45) is 9.34. The van der Waals surface area contributed by atoms with Crippen LogP contribution in [0.3, 0.4) is 0 Å². The smallest absolute Gasteiger partial charge is 0.243 e. The van der Waals surface area contributed by atoms with Crippen molar-refractivity contribution in [2.75, 3.05) is 20.3 Å². The van der Waals surface area contributed by atoms with Crippen molar-refractivity contribution < 1.29 is 14.3 Å². The normalized spacial score (nSPS) is 11.2. The minimum atomic E-state index is -0.0506. The topological polar surface area (TPSA) is 65.4 Å². The van der Waals surface area contributed by atoms with Gasteiger partial charge in [-0.15, -0.1) is 0 Å². The Labute approximate surface area is 225 Å². The van der Waals surface area contributed by atoms with E-state index in [0.29, 0.717) is 13.2 Å². The van der Waals surface area contributed by atoms with Crippen LogP contribution in [-0.4, -0.2) is 35.7 Å². The first-order valence-electron chi connectivity index (χ1n) is 13.5. The van der Waals surface area contributed by atoms with Crippen molar-refractivity contribution in [3.05, 3.63) is 96.3 Å². The number of ether oxygens (including phenoxy) is 2. The summed E-state index contributed by atoms with van der Waals surface area (Å²) in [6, 6.07) is 25.9. The lowest BCUT2D eigenvalue weighted by molar-refractivity contribution is -0.116. The Hall–Kier alpha value is -4.06. The van der Waals surface area contributed by atoms with Crippen LogP contribution in [0.2, 0.25) is 0 Å². The molecule has 6 nitrogen and oxygen atoms in total. The van der Waals surface area contributed by atoms with Gasteiger partial charge in [-0.05, 0) is 61.6 Å². The van der Waals surface area contributed by atoms with Crippen LogP contribution in [0.5, 0.6) is 11.5 Å². The van der Waals surface area contributed by atoms with Crippen LogP contribution >= 0.6 is 0 Å². The molecule has 0 aliphatic carbocycles. The van der Waals surface area contributed by atoms with Crippen molar-refractivity contribution in [1.82, 2.24) is 14.9 Å². The number of fused-ring (bicyclic) bond motifs is 1. The first-order valence-corrected chi connectivity index (χ1v) is 13.5. The number of unbranched alkanes of at least 4 members (excludes halogenated alkanes) is 3. The van der Waals surface area contributed by atoms with Gasteiger partial charge in [-0.2, -0.15) is 0 Å². The third-order valence-electron chi connectivity index (χ3n) is 6.44. The Kier molecular flexibility index (Phi) is 10.4. The molecule has 1 heterocycles. The van der Waals surface area contributed by atoms with E-state index in [4.69, 9.17) is 14.5 Å². The van der Waals surface area contributed by atoms with Gasteiger partial charge in [0, 0.05) is 25.6 Å². The number of carbonyl (C=O) groups is 1. The van der Waals surface area contributed by atoms with Crippen LogP contribution in [-0.2, 0) is 17.8 Å². The maximum atomic E-state index is 12.0. The molecule has 38 heavy (non-hydrogen) atoms. The van der Waals surface area contributed by atoms with Gasteiger partial charge in [0.25, 0.3) is 0 Å². The summed E-state index contributed by atoms with van der Waals surface area (Å²) in [5.41, 5.74) is 3.25. The van der Waals surface area contributed by atoms with Gasteiger partial charge in [-0.25, -0.2) is 4.98 Å². The van der Waals surface area contributed by atoms with Crippen LogP contribution in [0.1, 0.15) is 43.5 Å². The molecule has 1 amide bonds. The monoisotopic (exact) mass is 511 g/mol. The molecule has 0 aliphatic heterocycles. The van der Waals surface area contributed by atoms with Gasteiger partial charge in [0.05, 0.1) is 24.8 Å². The SMILES string of the molecule is COc1ccccc1OCCCCn1c(CCCCCNC(=O)/C=C/c2ccccc2)nc2ccccc21. The summed E-state index contributed by atoms with van der Waals surface area (Å²) in [7, 11) is 1.66. The summed E-state index contributed by atoms with van der Waals surface area (Å²) >= 11 is 0. The fourth-order valence-electron chi connectivity index (χ4n) is 4.45. The van der Waals surface area contributed by atoms with Gasteiger partial charge in [0.15, 0.2) is 11.5 Å². The average Bonchev–Trinajstić information content (AvgIpc) is 3.31.